The Kier molecular flexibility index (Phi) is 3.94. The lowest BCUT2D eigenvalue weighted by molar-refractivity contribution is 0.181. The van der Waals surface area contributed by atoms with Crippen molar-refractivity contribution in [3.63, 3.8) is 0 Å². The Balaban J connectivity index is 2.49. The maximum atomic E-state index is 6.01. The summed E-state index contributed by atoms with van der Waals surface area (Å²) in [7, 11) is 1.63. The highest BCUT2D eigenvalue weighted by Crippen LogP contribution is 2.23. The van der Waals surface area contributed by atoms with Gasteiger partial charge >= 0.3 is 0 Å². The standard InChI is InChI=1S/C14H15ClN2O/c1-9-4-5-12(10(2)6-9)14-16-11(8-18-3)7-13(15)17-14/h4-7H,8H2,1-3H3. The van der Waals surface area contributed by atoms with E-state index in [2.05, 4.69) is 23.0 Å². The highest BCUT2D eigenvalue weighted by molar-refractivity contribution is 6.29. The number of hydrogen-bond donors (Lipinski definition) is 0. The molecule has 2 rings (SSSR count). The topological polar surface area (TPSA) is 35.0 Å². The molecular weight excluding hydrogens is 248 g/mol. The molecule has 0 bridgehead atoms. The Morgan fingerprint density at radius 1 is 1.17 bits per heavy atom. The maximum absolute atomic E-state index is 6.01. The minimum absolute atomic E-state index is 0.431. The summed E-state index contributed by atoms with van der Waals surface area (Å²) in [5.41, 5.74) is 4.14. The number of benzene rings is 1. The van der Waals surface area contributed by atoms with Gasteiger partial charge in [0.2, 0.25) is 0 Å². The summed E-state index contributed by atoms with van der Waals surface area (Å²) in [6.45, 7) is 4.54. The van der Waals surface area contributed by atoms with E-state index in [-0.39, 0.29) is 0 Å². The number of halogens is 1. The molecule has 0 amide bonds. The Labute approximate surface area is 112 Å². The van der Waals surface area contributed by atoms with Crippen molar-refractivity contribution >= 4 is 11.6 Å². The van der Waals surface area contributed by atoms with Gasteiger partial charge in [0, 0.05) is 12.7 Å². The van der Waals surface area contributed by atoms with Crippen LogP contribution in [0.1, 0.15) is 16.8 Å². The van der Waals surface area contributed by atoms with Gasteiger partial charge in [-0.1, -0.05) is 35.4 Å². The van der Waals surface area contributed by atoms with Crippen molar-refractivity contribution in [2.45, 2.75) is 20.5 Å². The van der Waals surface area contributed by atoms with Crippen LogP contribution in [0.15, 0.2) is 24.3 Å². The largest absolute Gasteiger partial charge is 0.378 e. The molecule has 3 nitrogen and oxygen atoms in total. The van der Waals surface area contributed by atoms with Crippen LogP contribution in [0.2, 0.25) is 5.15 Å². The van der Waals surface area contributed by atoms with Crippen molar-refractivity contribution in [2.24, 2.45) is 0 Å². The summed E-state index contributed by atoms with van der Waals surface area (Å²) in [6.07, 6.45) is 0. The average Bonchev–Trinajstić information content (AvgIpc) is 2.28. The van der Waals surface area contributed by atoms with Gasteiger partial charge in [0.25, 0.3) is 0 Å². The van der Waals surface area contributed by atoms with Crippen LogP contribution in [0.5, 0.6) is 0 Å². The van der Waals surface area contributed by atoms with Crippen LogP contribution in [-0.4, -0.2) is 17.1 Å². The molecule has 18 heavy (non-hydrogen) atoms. The van der Waals surface area contributed by atoms with Crippen LogP contribution >= 0.6 is 11.6 Å². The van der Waals surface area contributed by atoms with Crippen molar-refractivity contribution in [2.75, 3.05) is 7.11 Å². The Morgan fingerprint density at radius 3 is 2.61 bits per heavy atom. The highest BCUT2D eigenvalue weighted by atomic mass is 35.5. The number of hydrogen-bond acceptors (Lipinski definition) is 3. The van der Waals surface area contributed by atoms with Gasteiger partial charge in [0.05, 0.1) is 12.3 Å². The molecule has 94 valence electrons. The molecule has 0 radical (unpaired) electrons. The van der Waals surface area contributed by atoms with Crippen LogP contribution in [0.3, 0.4) is 0 Å². The van der Waals surface area contributed by atoms with E-state index >= 15 is 0 Å². The zero-order valence-corrected chi connectivity index (χ0v) is 11.5. The molecule has 0 spiro atoms. The molecule has 0 saturated heterocycles. The summed E-state index contributed by atoms with van der Waals surface area (Å²) in [5, 5.41) is 0.437. The van der Waals surface area contributed by atoms with Gasteiger partial charge in [-0.2, -0.15) is 0 Å². The van der Waals surface area contributed by atoms with Gasteiger partial charge in [0.1, 0.15) is 5.15 Å². The summed E-state index contributed by atoms with van der Waals surface area (Å²) >= 11 is 6.01. The SMILES string of the molecule is COCc1cc(Cl)nc(-c2ccc(C)cc2C)n1. The molecule has 0 fully saturated rings. The fraction of sp³-hybridized carbons (Fsp3) is 0.286. The van der Waals surface area contributed by atoms with Gasteiger partial charge in [-0.15, -0.1) is 0 Å². The lowest BCUT2D eigenvalue weighted by atomic mass is 10.1. The van der Waals surface area contributed by atoms with Crippen molar-refractivity contribution < 1.29 is 4.74 Å². The van der Waals surface area contributed by atoms with Crippen LogP contribution in [0.25, 0.3) is 11.4 Å². The zero-order chi connectivity index (χ0) is 13.1. The first-order valence-electron chi connectivity index (χ1n) is 5.70. The summed E-state index contributed by atoms with van der Waals surface area (Å²) < 4.78 is 5.07. The quantitative estimate of drug-likeness (QED) is 0.794. The molecule has 2 aromatic rings. The molecule has 0 N–H and O–H groups in total. The van der Waals surface area contributed by atoms with Gasteiger partial charge in [-0.3, -0.25) is 0 Å². The lowest BCUT2D eigenvalue weighted by Crippen LogP contribution is -1.98. The minimum atomic E-state index is 0.431. The molecule has 0 atom stereocenters. The van der Waals surface area contributed by atoms with Crippen LogP contribution in [0, 0.1) is 13.8 Å². The molecule has 1 heterocycles. The molecule has 0 aliphatic rings. The molecule has 1 aromatic heterocycles. The zero-order valence-electron chi connectivity index (χ0n) is 10.7. The summed E-state index contributed by atoms with van der Waals surface area (Å²) in [6, 6.07) is 7.89. The number of methoxy groups -OCH3 is 1. The van der Waals surface area contributed by atoms with Crippen molar-refractivity contribution in [1.29, 1.82) is 0 Å². The Bertz CT molecular complexity index is 570. The van der Waals surface area contributed by atoms with E-state index < -0.39 is 0 Å². The van der Waals surface area contributed by atoms with Gasteiger partial charge in [-0.25, -0.2) is 9.97 Å². The van der Waals surface area contributed by atoms with Crippen LogP contribution < -0.4 is 0 Å². The average molecular weight is 263 g/mol. The van der Waals surface area contributed by atoms with E-state index in [1.165, 1.54) is 5.56 Å². The molecule has 0 aliphatic carbocycles. The van der Waals surface area contributed by atoms with Gasteiger partial charge < -0.3 is 4.74 Å². The Morgan fingerprint density at radius 2 is 1.94 bits per heavy atom. The van der Waals surface area contributed by atoms with E-state index in [4.69, 9.17) is 16.3 Å². The first-order valence-corrected chi connectivity index (χ1v) is 6.08. The second-order valence-corrected chi connectivity index (χ2v) is 4.64. The van der Waals surface area contributed by atoms with Gasteiger partial charge in [0.15, 0.2) is 5.82 Å². The number of nitrogens with zero attached hydrogens (tertiary/aromatic N) is 2. The monoisotopic (exact) mass is 262 g/mol. The van der Waals surface area contributed by atoms with Crippen molar-refractivity contribution in [1.82, 2.24) is 9.97 Å². The first-order chi connectivity index (χ1) is 8.60. The minimum Gasteiger partial charge on any atom is -0.378 e. The van der Waals surface area contributed by atoms with E-state index in [9.17, 15) is 0 Å². The molecule has 4 heteroatoms. The third kappa shape index (κ3) is 2.86. The summed E-state index contributed by atoms with van der Waals surface area (Å²) in [4.78, 5) is 8.74. The maximum Gasteiger partial charge on any atom is 0.161 e. The molecular formula is C14H15ClN2O. The van der Waals surface area contributed by atoms with E-state index in [0.29, 0.717) is 17.6 Å². The fourth-order valence-electron chi connectivity index (χ4n) is 1.87. The normalized spacial score (nSPS) is 10.7. The number of rotatable bonds is 3. The summed E-state index contributed by atoms with van der Waals surface area (Å²) in [5.74, 6) is 0.645. The molecule has 0 unspecified atom stereocenters. The first kappa shape index (κ1) is 13.0. The van der Waals surface area contributed by atoms with Crippen molar-refractivity contribution in [3.8, 4) is 11.4 Å². The predicted octanol–water partition coefficient (Wildman–Crippen LogP) is 3.56. The van der Waals surface area contributed by atoms with E-state index in [0.717, 1.165) is 16.8 Å². The van der Waals surface area contributed by atoms with Crippen molar-refractivity contribution in [3.05, 3.63) is 46.2 Å². The van der Waals surface area contributed by atoms with Gasteiger partial charge in [-0.05, 0) is 25.5 Å². The smallest absolute Gasteiger partial charge is 0.161 e. The molecule has 1 aromatic carbocycles. The predicted molar refractivity (Wildman–Crippen MR) is 72.7 cm³/mol. The number of aryl methyl sites for hydroxylation is 2. The second-order valence-electron chi connectivity index (χ2n) is 4.26. The van der Waals surface area contributed by atoms with Crippen LogP contribution in [-0.2, 0) is 11.3 Å². The second kappa shape index (κ2) is 5.46. The third-order valence-corrected chi connectivity index (χ3v) is 2.86. The van der Waals surface area contributed by atoms with E-state index in [1.54, 1.807) is 13.2 Å². The lowest BCUT2D eigenvalue weighted by Gasteiger charge is -2.08. The molecule has 0 aliphatic heterocycles. The molecule has 0 saturated carbocycles. The van der Waals surface area contributed by atoms with E-state index in [1.807, 2.05) is 19.1 Å². The van der Waals surface area contributed by atoms with Crippen LogP contribution in [0.4, 0.5) is 0 Å². The fourth-order valence-corrected chi connectivity index (χ4v) is 2.08. The Hall–Kier alpha value is -1.45. The third-order valence-electron chi connectivity index (χ3n) is 2.66. The number of ether oxygens (including phenoxy) is 1. The number of aromatic nitrogens is 2. The highest BCUT2D eigenvalue weighted by Gasteiger charge is 2.08.